The van der Waals surface area contributed by atoms with Gasteiger partial charge in [-0.25, -0.2) is 4.79 Å². The van der Waals surface area contributed by atoms with Crippen molar-refractivity contribution in [2.24, 2.45) is 0 Å². The number of hydrogen-bond acceptors (Lipinski definition) is 1. The van der Waals surface area contributed by atoms with Gasteiger partial charge in [0.25, 0.3) is 0 Å². The molecule has 0 saturated carbocycles. The summed E-state index contributed by atoms with van der Waals surface area (Å²) in [6.07, 6.45) is 14.0. The van der Waals surface area contributed by atoms with Crippen LogP contribution in [-0.2, 0) is 0 Å². The molecule has 0 aromatic rings. The number of urea groups is 1. The highest BCUT2D eigenvalue weighted by atomic mass is 16.2. The maximum absolute atomic E-state index is 11.6. The zero-order chi connectivity index (χ0) is 15.2. The predicted molar refractivity (Wildman–Crippen MR) is 87.5 cm³/mol. The van der Waals surface area contributed by atoms with E-state index in [1.807, 2.05) is 12.2 Å². The third-order valence-electron chi connectivity index (χ3n) is 2.28. The molecule has 0 aliphatic heterocycles. The zero-order valence-corrected chi connectivity index (χ0v) is 11.8. The van der Waals surface area contributed by atoms with Crippen molar-refractivity contribution < 1.29 is 4.79 Å². The van der Waals surface area contributed by atoms with Crippen LogP contribution in [0.3, 0.4) is 0 Å². The van der Waals surface area contributed by atoms with Crippen molar-refractivity contribution in [3.63, 3.8) is 0 Å². The van der Waals surface area contributed by atoms with E-state index in [1.54, 1.807) is 36.5 Å². The fraction of sp³-hybridized carbons (Fsp3) is 0.118. The fourth-order valence-corrected chi connectivity index (χ4v) is 1.29. The van der Waals surface area contributed by atoms with E-state index in [4.69, 9.17) is 0 Å². The molecule has 2 N–H and O–H groups in total. The second-order valence-electron chi connectivity index (χ2n) is 3.79. The Balaban J connectivity index is 4.29. The lowest BCUT2D eigenvalue weighted by Gasteiger charge is -2.08. The Morgan fingerprint density at radius 3 is 1.90 bits per heavy atom. The molecule has 0 aromatic heterocycles. The van der Waals surface area contributed by atoms with Crippen molar-refractivity contribution in [1.29, 1.82) is 0 Å². The Bertz CT molecular complexity index is 454. The molecule has 2 amide bonds. The average Bonchev–Trinajstić information content (AvgIpc) is 2.46. The van der Waals surface area contributed by atoms with E-state index in [9.17, 15) is 4.79 Å². The molecular weight excluding hydrogens is 248 g/mol. The van der Waals surface area contributed by atoms with Gasteiger partial charge in [-0.05, 0) is 11.1 Å². The van der Waals surface area contributed by atoms with E-state index in [2.05, 4.69) is 36.9 Å². The first kappa shape index (κ1) is 17.4. The Hall–Kier alpha value is -2.55. The zero-order valence-electron chi connectivity index (χ0n) is 11.8. The molecule has 0 aliphatic carbocycles. The molecule has 0 unspecified atom stereocenters. The van der Waals surface area contributed by atoms with Gasteiger partial charge in [0.1, 0.15) is 0 Å². The summed E-state index contributed by atoms with van der Waals surface area (Å²) in [6, 6.07) is -0.247. The summed E-state index contributed by atoms with van der Waals surface area (Å²) < 4.78 is 0. The third-order valence-corrected chi connectivity index (χ3v) is 2.28. The van der Waals surface area contributed by atoms with Gasteiger partial charge in [-0.1, -0.05) is 74.9 Å². The number of carbonyl (C=O) groups is 1. The first-order valence-electron chi connectivity index (χ1n) is 6.24. The lowest BCUT2D eigenvalue weighted by molar-refractivity contribution is 0.242. The molecule has 3 nitrogen and oxygen atoms in total. The number of hydrogen-bond donors (Lipinski definition) is 2. The first-order valence-corrected chi connectivity index (χ1v) is 6.24. The van der Waals surface area contributed by atoms with Gasteiger partial charge in [0.15, 0.2) is 0 Å². The van der Waals surface area contributed by atoms with Crippen LogP contribution in [0.4, 0.5) is 4.79 Å². The number of nitrogens with one attached hydrogen (secondary N) is 2. The monoisotopic (exact) mass is 270 g/mol. The Morgan fingerprint density at radius 2 is 1.40 bits per heavy atom. The highest BCUT2D eigenvalue weighted by Gasteiger charge is 2.00. The van der Waals surface area contributed by atoms with Crippen LogP contribution in [0.2, 0.25) is 0 Å². The molecule has 0 rings (SSSR count). The van der Waals surface area contributed by atoms with Crippen LogP contribution >= 0.6 is 0 Å². The highest BCUT2D eigenvalue weighted by molar-refractivity contribution is 5.74. The highest BCUT2D eigenvalue weighted by Crippen LogP contribution is 1.97. The van der Waals surface area contributed by atoms with Gasteiger partial charge >= 0.3 is 6.03 Å². The first-order chi connectivity index (χ1) is 9.67. The number of carbonyl (C=O) groups excluding carboxylic acids is 1. The summed E-state index contributed by atoms with van der Waals surface area (Å²) in [5, 5.41) is 5.50. The Labute approximate surface area is 121 Å². The van der Waals surface area contributed by atoms with Crippen molar-refractivity contribution in [2.75, 3.05) is 13.1 Å². The maximum Gasteiger partial charge on any atom is 0.315 e. The van der Waals surface area contributed by atoms with Crippen LogP contribution in [0.25, 0.3) is 0 Å². The van der Waals surface area contributed by atoms with Gasteiger partial charge in [0.2, 0.25) is 0 Å². The van der Waals surface area contributed by atoms with Gasteiger partial charge in [-0.15, -0.1) is 0 Å². The van der Waals surface area contributed by atoms with Gasteiger partial charge in [-0.3, -0.25) is 0 Å². The quantitative estimate of drug-likeness (QED) is 0.619. The molecule has 3 heteroatoms. The molecule has 0 radical (unpaired) electrons. The van der Waals surface area contributed by atoms with E-state index in [0.717, 1.165) is 11.1 Å². The average molecular weight is 270 g/mol. The minimum absolute atomic E-state index is 0.247. The van der Waals surface area contributed by atoms with E-state index in [0.29, 0.717) is 13.1 Å². The summed E-state index contributed by atoms with van der Waals surface area (Å²) in [7, 11) is 0. The SMILES string of the molecule is C=C/C=C\C(=C/C=C)CNC(=O)NC/C(C=C)=C/C=C. The molecule has 0 saturated heterocycles. The summed E-state index contributed by atoms with van der Waals surface area (Å²) >= 11 is 0. The Morgan fingerprint density at radius 1 is 0.850 bits per heavy atom. The van der Waals surface area contributed by atoms with Crippen LogP contribution in [0.1, 0.15) is 0 Å². The molecule has 20 heavy (non-hydrogen) atoms. The topological polar surface area (TPSA) is 41.1 Å². The molecule has 0 bridgehead atoms. The van der Waals surface area contributed by atoms with Crippen molar-refractivity contribution in [1.82, 2.24) is 10.6 Å². The molecule has 0 spiro atoms. The minimum atomic E-state index is -0.247. The van der Waals surface area contributed by atoms with Crippen LogP contribution in [-0.4, -0.2) is 19.1 Å². The summed E-state index contributed by atoms with van der Waals surface area (Å²) in [4.78, 5) is 11.6. The summed E-state index contributed by atoms with van der Waals surface area (Å²) in [6.45, 7) is 15.3. The van der Waals surface area contributed by atoms with E-state index in [-0.39, 0.29) is 6.03 Å². The second-order valence-corrected chi connectivity index (χ2v) is 3.79. The molecule has 0 aliphatic rings. The lowest BCUT2D eigenvalue weighted by atomic mass is 10.2. The van der Waals surface area contributed by atoms with Crippen molar-refractivity contribution in [3.8, 4) is 0 Å². The predicted octanol–water partition coefficient (Wildman–Crippen LogP) is 3.44. The van der Waals surface area contributed by atoms with E-state index in [1.165, 1.54) is 0 Å². The summed E-state index contributed by atoms with van der Waals surface area (Å²) in [5.41, 5.74) is 1.82. The molecule has 106 valence electrons. The van der Waals surface area contributed by atoms with Crippen molar-refractivity contribution >= 4 is 6.03 Å². The van der Waals surface area contributed by atoms with Crippen LogP contribution in [0.5, 0.6) is 0 Å². The maximum atomic E-state index is 11.6. The Kier molecular flexibility index (Phi) is 10.1. The fourth-order valence-electron chi connectivity index (χ4n) is 1.29. The smallest absolute Gasteiger partial charge is 0.315 e. The van der Waals surface area contributed by atoms with E-state index >= 15 is 0 Å². The molecule has 0 aromatic carbocycles. The number of allylic oxidation sites excluding steroid dienone is 6. The number of amides is 2. The largest absolute Gasteiger partial charge is 0.334 e. The normalized spacial score (nSPS) is 11.8. The van der Waals surface area contributed by atoms with Gasteiger partial charge in [0, 0.05) is 13.1 Å². The number of rotatable bonds is 9. The molecule has 0 fully saturated rings. The van der Waals surface area contributed by atoms with Gasteiger partial charge < -0.3 is 10.6 Å². The summed E-state index contributed by atoms with van der Waals surface area (Å²) in [5.74, 6) is 0. The molecule has 0 heterocycles. The second kappa shape index (κ2) is 11.5. The lowest BCUT2D eigenvalue weighted by Crippen LogP contribution is -2.37. The van der Waals surface area contributed by atoms with Crippen molar-refractivity contribution in [2.45, 2.75) is 0 Å². The van der Waals surface area contributed by atoms with Crippen LogP contribution in [0, 0.1) is 0 Å². The molecule has 0 atom stereocenters. The minimum Gasteiger partial charge on any atom is -0.334 e. The molecular formula is C17H22N2O. The third kappa shape index (κ3) is 8.53. The van der Waals surface area contributed by atoms with Crippen LogP contribution < -0.4 is 10.6 Å². The van der Waals surface area contributed by atoms with Gasteiger partial charge in [-0.2, -0.15) is 0 Å². The van der Waals surface area contributed by atoms with Crippen molar-refractivity contribution in [3.05, 3.63) is 86.1 Å². The van der Waals surface area contributed by atoms with Gasteiger partial charge in [0.05, 0.1) is 0 Å². The van der Waals surface area contributed by atoms with Crippen LogP contribution in [0.15, 0.2) is 86.1 Å². The van der Waals surface area contributed by atoms with E-state index < -0.39 is 0 Å². The standard InChI is InChI=1S/C17H22N2O/c1-5-9-12-16(11-7-3)14-19-17(20)18-13-15(8-4)10-6-2/h5-12H,1-4,13-14H2,(H2,18,19,20)/b12-9-,15-10+,16-11+.